The van der Waals surface area contributed by atoms with Gasteiger partial charge in [0.05, 0.1) is 11.7 Å². The van der Waals surface area contributed by atoms with E-state index in [0.717, 1.165) is 25.7 Å². The van der Waals surface area contributed by atoms with Gasteiger partial charge in [-0.3, -0.25) is 0 Å². The highest BCUT2D eigenvalue weighted by atomic mass is 16.5. The Kier molecular flexibility index (Phi) is 3.74. The summed E-state index contributed by atoms with van der Waals surface area (Å²) in [5, 5.41) is 9.87. The molecular weight excluding hydrogens is 164 g/mol. The molecule has 1 aliphatic carbocycles. The SMILES string of the molecule is CCC(C)C(O)CC1(OC)CCC1. The summed E-state index contributed by atoms with van der Waals surface area (Å²) < 4.78 is 5.48. The molecule has 0 aliphatic heterocycles. The highest BCUT2D eigenvalue weighted by Gasteiger charge is 2.39. The van der Waals surface area contributed by atoms with Crippen LogP contribution in [0.1, 0.15) is 46.0 Å². The summed E-state index contributed by atoms with van der Waals surface area (Å²) in [7, 11) is 1.77. The molecule has 0 spiro atoms. The minimum absolute atomic E-state index is 0.0167. The largest absolute Gasteiger partial charge is 0.393 e. The second-order valence-electron chi connectivity index (χ2n) is 4.40. The molecule has 2 nitrogen and oxygen atoms in total. The van der Waals surface area contributed by atoms with Gasteiger partial charge in [-0.25, -0.2) is 0 Å². The maximum Gasteiger partial charge on any atom is 0.0703 e. The first kappa shape index (κ1) is 11.0. The Balaban J connectivity index is 2.37. The summed E-state index contributed by atoms with van der Waals surface area (Å²) in [5.41, 5.74) is 0.0167. The molecule has 1 rings (SSSR count). The van der Waals surface area contributed by atoms with Crippen molar-refractivity contribution in [3.8, 4) is 0 Å². The molecule has 2 unspecified atom stereocenters. The zero-order valence-electron chi connectivity index (χ0n) is 9.05. The number of aliphatic hydroxyl groups is 1. The lowest BCUT2D eigenvalue weighted by Gasteiger charge is -2.42. The van der Waals surface area contributed by atoms with Gasteiger partial charge >= 0.3 is 0 Å². The fourth-order valence-corrected chi connectivity index (χ4v) is 1.92. The van der Waals surface area contributed by atoms with E-state index in [0.29, 0.717) is 5.92 Å². The summed E-state index contributed by atoms with van der Waals surface area (Å²) in [6.07, 6.45) is 5.17. The van der Waals surface area contributed by atoms with Crippen LogP contribution >= 0.6 is 0 Å². The minimum Gasteiger partial charge on any atom is -0.393 e. The predicted molar refractivity (Wildman–Crippen MR) is 53.7 cm³/mol. The molecule has 1 N–H and O–H groups in total. The van der Waals surface area contributed by atoms with Crippen LogP contribution in [0, 0.1) is 5.92 Å². The molecular formula is C11H22O2. The molecule has 0 amide bonds. The van der Waals surface area contributed by atoms with E-state index in [2.05, 4.69) is 13.8 Å². The van der Waals surface area contributed by atoms with Crippen molar-refractivity contribution < 1.29 is 9.84 Å². The molecule has 0 aromatic rings. The molecule has 0 saturated heterocycles. The fourth-order valence-electron chi connectivity index (χ4n) is 1.92. The second kappa shape index (κ2) is 4.43. The number of rotatable bonds is 5. The molecule has 2 atom stereocenters. The Bertz CT molecular complexity index is 147. The van der Waals surface area contributed by atoms with E-state index in [1.54, 1.807) is 7.11 Å². The van der Waals surface area contributed by atoms with Crippen molar-refractivity contribution in [2.24, 2.45) is 5.92 Å². The highest BCUT2D eigenvalue weighted by molar-refractivity contribution is 4.92. The van der Waals surface area contributed by atoms with Crippen molar-refractivity contribution >= 4 is 0 Å². The number of ether oxygens (including phenoxy) is 1. The van der Waals surface area contributed by atoms with E-state index in [-0.39, 0.29) is 11.7 Å². The first-order valence-corrected chi connectivity index (χ1v) is 5.37. The Morgan fingerprint density at radius 1 is 1.46 bits per heavy atom. The summed E-state index contributed by atoms with van der Waals surface area (Å²) in [5.74, 6) is 0.396. The highest BCUT2D eigenvalue weighted by Crippen LogP contribution is 2.39. The van der Waals surface area contributed by atoms with Gasteiger partial charge < -0.3 is 9.84 Å². The van der Waals surface area contributed by atoms with E-state index in [9.17, 15) is 5.11 Å². The average Bonchev–Trinajstić information content (AvgIpc) is 2.09. The van der Waals surface area contributed by atoms with Crippen LogP contribution in [0.2, 0.25) is 0 Å². The van der Waals surface area contributed by atoms with Crippen LogP contribution in [0.4, 0.5) is 0 Å². The number of methoxy groups -OCH3 is 1. The summed E-state index contributed by atoms with van der Waals surface area (Å²) in [4.78, 5) is 0. The Labute approximate surface area is 81.3 Å². The normalized spacial score (nSPS) is 24.9. The molecule has 1 aliphatic rings. The van der Waals surface area contributed by atoms with Crippen molar-refractivity contribution in [3.63, 3.8) is 0 Å². The van der Waals surface area contributed by atoms with Crippen LogP contribution < -0.4 is 0 Å². The molecule has 0 heterocycles. The maximum atomic E-state index is 9.87. The zero-order valence-corrected chi connectivity index (χ0v) is 9.05. The lowest BCUT2D eigenvalue weighted by atomic mass is 9.74. The van der Waals surface area contributed by atoms with Gasteiger partial charge in [0, 0.05) is 13.5 Å². The van der Waals surface area contributed by atoms with E-state index >= 15 is 0 Å². The lowest BCUT2D eigenvalue weighted by molar-refractivity contribution is -0.106. The van der Waals surface area contributed by atoms with Gasteiger partial charge in [0.15, 0.2) is 0 Å². The van der Waals surface area contributed by atoms with Crippen LogP contribution in [0.15, 0.2) is 0 Å². The predicted octanol–water partition coefficient (Wildman–Crippen LogP) is 2.35. The Morgan fingerprint density at radius 2 is 2.08 bits per heavy atom. The van der Waals surface area contributed by atoms with E-state index in [4.69, 9.17) is 4.74 Å². The van der Waals surface area contributed by atoms with Crippen LogP contribution in [0.3, 0.4) is 0 Å². The maximum absolute atomic E-state index is 9.87. The van der Waals surface area contributed by atoms with Gasteiger partial charge in [-0.05, 0) is 25.2 Å². The topological polar surface area (TPSA) is 29.5 Å². The quantitative estimate of drug-likeness (QED) is 0.714. The number of hydrogen-bond acceptors (Lipinski definition) is 2. The first-order chi connectivity index (χ1) is 6.13. The molecule has 0 radical (unpaired) electrons. The molecule has 2 heteroatoms. The molecule has 0 bridgehead atoms. The van der Waals surface area contributed by atoms with Crippen LogP contribution in [-0.4, -0.2) is 23.9 Å². The van der Waals surface area contributed by atoms with Gasteiger partial charge in [-0.1, -0.05) is 20.3 Å². The van der Waals surface area contributed by atoms with Crippen molar-refractivity contribution in [1.82, 2.24) is 0 Å². The standard InChI is InChI=1S/C11H22O2/c1-4-9(2)10(12)8-11(13-3)6-5-7-11/h9-10,12H,4-8H2,1-3H3. The van der Waals surface area contributed by atoms with Gasteiger partial charge in [0.1, 0.15) is 0 Å². The van der Waals surface area contributed by atoms with E-state index in [1.165, 1.54) is 6.42 Å². The van der Waals surface area contributed by atoms with Crippen molar-refractivity contribution in [2.75, 3.05) is 7.11 Å². The van der Waals surface area contributed by atoms with Gasteiger partial charge in [-0.15, -0.1) is 0 Å². The number of aliphatic hydroxyl groups excluding tert-OH is 1. The average molecular weight is 186 g/mol. The zero-order chi connectivity index (χ0) is 9.90. The first-order valence-electron chi connectivity index (χ1n) is 5.37. The summed E-state index contributed by atoms with van der Waals surface area (Å²) in [6, 6.07) is 0. The van der Waals surface area contributed by atoms with Crippen molar-refractivity contribution in [1.29, 1.82) is 0 Å². The van der Waals surface area contributed by atoms with E-state index in [1.807, 2.05) is 0 Å². The Hall–Kier alpha value is -0.0800. The van der Waals surface area contributed by atoms with Gasteiger partial charge in [0.25, 0.3) is 0 Å². The minimum atomic E-state index is -0.190. The summed E-state index contributed by atoms with van der Waals surface area (Å²) >= 11 is 0. The van der Waals surface area contributed by atoms with Crippen molar-refractivity contribution in [2.45, 2.75) is 57.7 Å². The fraction of sp³-hybridized carbons (Fsp3) is 1.00. The van der Waals surface area contributed by atoms with Crippen LogP contribution in [0.25, 0.3) is 0 Å². The third kappa shape index (κ3) is 2.44. The second-order valence-corrected chi connectivity index (χ2v) is 4.40. The monoisotopic (exact) mass is 186 g/mol. The molecule has 0 aromatic heterocycles. The van der Waals surface area contributed by atoms with Gasteiger partial charge in [-0.2, -0.15) is 0 Å². The third-order valence-electron chi connectivity index (χ3n) is 3.58. The van der Waals surface area contributed by atoms with E-state index < -0.39 is 0 Å². The number of hydrogen-bond donors (Lipinski definition) is 1. The molecule has 13 heavy (non-hydrogen) atoms. The van der Waals surface area contributed by atoms with Crippen molar-refractivity contribution in [3.05, 3.63) is 0 Å². The third-order valence-corrected chi connectivity index (χ3v) is 3.58. The lowest BCUT2D eigenvalue weighted by Crippen LogP contribution is -2.43. The van der Waals surface area contributed by atoms with Crippen LogP contribution in [0.5, 0.6) is 0 Å². The molecule has 1 saturated carbocycles. The van der Waals surface area contributed by atoms with Gasteiger partial charge in [0.2, 0.25) is 0 Å². The Morgan fingerprint density at radius 3 is 2.38 bits per heavy atom. The molecule has 1 fully saturated rings. The summed E-state index contributed by atoms with van der Waals surface area (Å²) in [6.45, 7) is 4.22. The van der Waals surface area contributed by atoms with Crippen LogP contribution in [-0.2, 0) is 4.74 Å². The molecule has 0 aromatic carbocycles. The molecule has 78 valence electrons. The smallest absolute Gasteiger partial charge is 0.0703 e.